The molecular formula is C25H29ClN4O5S. The van der Waals surface area contributed by atoms with Crippen LogP contribution in [0.4, 0.5) is 5.69 Å². The molecule has 1 amide bonds. The van der Waals surface area contributed by atoms with Crippen LogP contribution in [0.2, 0.25) is 5.02 Å². The molecule has 1 aromatic carbocycles. The molecule has 1 saturated heterocycles. The Morgan fingerprint density at radius 3 is 3.00 bits per heavy atom. The third-order valence-corrected chi connectivity index (χ3v) is 6.48. The number of hydrogen-bond acceptors (Lipinski definition) is 8. The second-order valence-electron chi connectivity index (χ2n) is 8.28. The summed E-state index contributed by atoms with van der Waals surface area (Å²) in [6, 6.07) is 7.16. The Kier molecular flexibility index (Phi) is 8.98. The van der Waals surface area contributed by atoms with Gasteiger partial charge in [-0.1, -0.05) is 29.9 Å². The summed E-state index contributed by atoms with van der Waals surface area (Å²) in [5.41, 5.74) is 2.57. The number of thiocarbonyl (C=S) groups is 1. The second-order valence-corrected chi connectivity index (χ2v) is 9.09. The molecule has 2 aliphatic rings. The molecule has 1 aromatic heterocycles. The molecule has 0 saturated carbocycles. The number of carbonyl (C=O) groups is 1. The van der Waals surface area contributed by atoms with Gasteiger partial charge in [-0.15, -0.1) is 0 Å². The first-order valence-corrected chi connectivity index (χ1v) is 12.4. The zero-order chi connectivity index (χ0) is 25.5. The van der Waals surface area contributed by atoms with Crippen molar-refractivity contribution in [1.82, 2.24) is 15.6 Å². The molecule has 0 spiro atoms. The highest BCUT2D eigenvalue weighted by Crippen LogP contribution is 2.33. The van der Waals surface area contributed by atoms with Crippen LogP contribution in [0.3, 0.4) is 0 Å². The van der Waals surface area contributed by atoms with Crippen LogP contribution >= 0.6 is 23.8 Å². The van der Waals surface area contributed by atoms with Gasteiger partial charge in [0.25, 0.3) is 5.91 Å². The fourth-order valence-corrected chi connectivity index (χ4v) is 4.56. The molecule has 0 radical (unpaired) electrons. The van der Waals surface area contributed by atoms with E-state index in [2.05, 4.69) is 20.9 Å². The first kappa shape index (κ1) is 26.2. The van der Waals surface area contributed by atoms with Crippen LogP contribution in [0.25, 0.3) is 0 Å². The Balaban J connectivity index is 1.50. The number of benzene rings is 1. The number of anilines is 1. The van der Waals surface area contributed by atoms with Crippen LogP contribution in [0.15, 0.2) is 47.9 Å². The average Bonchev–Trinajstić information content (AvgIpc) is 2.88. The molecule has 2 aliphatic heterocycles. The molecule has 3 N–H and O–H groups in total. The van der Waals surface area contributed by atoms with E-state index in [4.69, 9.17) is 42.8 Å². The summed E-state index contributed by atoms with van der Waals surface area (Å²) in [5.74, 6) is 0.836. The number of pyridine rings is 1. The van der Waals surface area contributed by atoms with Gasteiger partial charge in [-0.2, -0.15) is 0 Å². The maximum absolute atomic E-state index is 12.8. The van der Waals surface area contributed by atoms with Crippen molar-refractivity contribution in [2.75, 3.05) is 38.8 Å². The normalized spacial score (nSPS) is 18.8. The monoisotopic (exact) mass is 532 g/mol. The first-order chi connectivity index (χ1) is 17.5. The summed E-state index contributed by atoms with van der Waals surface area (Å²) in [6.07, 6.45) is 3.61. The second kappa shape index (κ2) is 12.4. The number of ether oxygens (including phenoxy) is 4. The number of halogens is 1. The number of nitrogens with one attached hydrogen (secondary N) is 3. The Morgan fingerprint density at radius 2 is 2.22 bits per heavy atom. The quantitative estimate of drug-likeness (QED) is 0.420. The van der Waals surface area contributed by atoms with Gasteiger partial charge in [0.2, 0.25) is 0 Å². The molecule has 36 heavy (non-hydrogen) atoms. The zero-order valence-corrected chi connectivity index (χ0v) is 21.7. The van der Waals surface area contributed by atoms with Crippen molar-refractivity contribution in [3.63, 3.8) is 0 Å². The van der Waals surface area contributed by atoms with Crippen LogP contribution < -0.4 is 25.4 Å². The van der Waals surface area contributed by atoms with Crippen molar-refractivity contribution in [2.45, 2.75) is 32.1 Å². The standard InChI is InChI=1S/C25H29ClN4O5S/c1-15(21-14-33-10-11-34-21)35-20-13-27-8-6-16(20)12-29-18-7-9-28-24(31)22(18)25(36)30-19-5-3-4-17(26)23(19)32-2/h3-6,8,13,15,21,29H,7,9-12,14H2,1-2H3,(H,28,31)(H,30,36)/t15-,21?/m0/s1. The van der Waals surface area contributed by atoms with E-state index in [1.807, 2.05) is 13.0 Å². The summed E-state index contributed by atoms with van der Waals surface area (Å²) in [4.78, 5) is 17.3. The Morgan fingerprint density at radius 1 is 1.36 bits per heavy atom. The number of nitrogens with zero attached hydrogens (tertiary/aromatic N) is 1. The topological polar surface area (TPSA) is 103 Å². The minimum absolute atomic E-state index is 0.150. The Hall–Kier alpha value is -2.92. The zero-order valence-electron chi connectivity index (χ0n) is 20.1. The van der Waals surface area contributed by atoms with Crippen molar-refractivity contribution >= 4 is 40.4 Å². The van der Waals surface area contributed by atoms with E-state index in [1.165, 1.54) is 7.11 Å². The molecular weight excluding hydrogens is 504 g/mol. The number of para-hydroxylation sites is 1. The maximum Gasteiger partial charge on any atom is 0.256 e. The van der Waals surface area contributed by atoms with Gasteiger partial charge in [-0.3, -0.25) is 9.78 Å². The molecule has 2 aromatic rings. The lowest BCUT2D eigenvalue weighted by atomic mass is 10.1. The lowest BCUT2D eigenvalue weighted by Gasteiger charge is -2.29. The van der Waals surface area contributed by atoms with Crippen molar-refractivity contribution in [3.8, 4) is 11.5 Å². The van der Waals surface area contributed by atoms with Crippen molar-refractivity contribution < 1.29 is 23.7 Å². The number of carbonyl (C=O) groups excluding carboxylic acids is 1. The summed E-state index contributed by atoms with van der Waals surface area (Å²) < 4.78 is 22.8. The highest BCUT2D eigenvalue weighted by Gasteiger charge is 2.26. The Bertz CT molecular complexity index is 1140. The van der Waals surface area contributed by atoms with Crippen LogP contribution in [-0.2, 0) is 20.8 Å². The molecule has 3 heterocycles. The predicted octanol–water partition coefficient (Wildman–Crippen LogP) is 3.23. The molecule has 0 bridgehead atoms. The van der Waals surface area contributed by atoms with Gasteiger partial charge in [0.1, 0.15) is 22.9 Å². The van der Waals surface area contributed by atoms with Gasteiger partial charge in [-0.05, 0) is 25.1 Å². The third kappa shape index (κ3) is 6.25. The van der Waals surface area contributed by atoms with E-state index < -0.39 is 0 Å². The van der Waals surface area contributed by atoms with E-state index >= 15 is 0 Å². The number of rotatable bonds is 9. The molecule has 4 rings (SSSR count). The number of amides is 1. The molecule has 1 unspecified atom stereocenters. The van der Waals surface area contributed by atoms with Gasteiger partial charge in [-0.25, -0.2) is 0 Å². The maximum atomic E-state index is 12.8. The van der Waals surface area contributed by atoms with E-state index in [9.17, 15) is 4.79 Å². The van der Waals surface area contributed by atoms with Gasteiger partial charge in [0.05, 0.1) is 49.4 Å². The molecule has 11 heteroatoms. The van der Waals surface area contributed by atoms with Crippen molar-refractivity contribution in [2.24, 2.45) is 0 Å². The van der Waals surface area contributed by atoms with Crippen LogP contribution in [-0.4, -0.2) is 61.6 Å². The minimum Gasteiger partial charge on any atom is -0.493 e. The molecule has 0 aliphatic carbocycles. The third-order valence-electron chi connectivity index (χ3n) is 5.88. The molecule has 192 valence electrons. The fraction of sp³-hybridized carbons (Fsp3) is 0.400. The van der Waals surface area contributed by atoms with Gasteiger partial charge in [0.15, 0.2) is 5.75 Å². The molecule has 1 fully saturated rings. The van der Waals surface area contributed by atoms with Gasteiger partial charge < -0.3 is 34.9 Å². The van der Waals surface area contributed by atoms with Gasteiger partial charge >= 0.3 is 0 Å². The van der Waals surface area contributed by atoms with E-state index in [0.29, 0.717) is 67.1 Å². The van der Waals surface area contributed by atoms with Gasteiger partial charge in [0, 0.05) is 37.0 Å². The number of aromatic nitrogens is 1. The average molecular weight is 533 g/mol. The summed E-state index contributed by atoms with van der Waals surface area (Å²) in [6.45, 7) is 4.50. The number of methoxy groups -OCH3 is 1. The van der Waals surface area contributed by atoms with Crippen molar-refractivity contribution in [1.29, 1.82) is 0 Å². The smallest absolute Gasteiger partial charge is 0.256 e. The fourth-order valence-electron chi connectivity index (χ4n) is 3.98. The first-order valence-electron chi connectivity index (χ1n) is 11.7. The van der Waals surface area contributed by atoms with Crippen LogP contribution in [0.5, 0.6) is 11.5 Å². The van der Waals surface area contributed by atoms with E-state index in [-0.39, 0.29) is 23.1 Å². The predicted molar refractivity (Wildman–Crippen MR) is 141 cm³/mol. The van der Waals surface area contributed by atoms with E-state index in [1.54, 1.807) is 30.6 Å². The lowest BCUT2D eigenvalue weighted by Crippen LogP contribution is -2.40. The van der Waals surface area contributed by atoms with Crippen LogP contribution in [0.1, 0.15) is 18.9 Å². The molecule has 2 atom stereocenters. The summed E-state index contributed by atoms with van der Waals surface area (Å²) in [7, 11) is 1.53. The van der Waals surface area contributed by atoms with Crippen molar-refractivity contribution in [3.05, 3.63) is 58.5 Å². The number of hydrogen-bond donors (Lipinski definition) is 3. The van der Waals surface area contributed by atoms with Crippen LogP contribution in [0, 0.1) is 0 Å². The minimum atomic E-state index is -0.253. The van der Waals surface area contributed by atoms with E-state index in [0.717, 1.165) is 11.3 Å². The SMILES string of the molecule is COc1c(Cl)cccc1NC(=S)C1=C(NCc2ccncc2O[C@@H](C)C2COCCO2)CCNC1=O. The highest BCUT2D eigenvalue weighted by molar-refractivity contribution is 7.81. The summed E-state index contributed by atoms with van der Waals surface area (Å²) >= 11 is 11.8. The highest BCUT2D eigenvalue weighted by atomic mass is 35.5. The lowest BCUT2D eigenvalue weighted by molar-refractivity contribution is -0.122. The Labute approximate surface area is 220 Å². The largest absolute Gasteiger partial charge is 0.493 e. The molecule has 9 nitrogen and oxygen atoms in total. The summed E-state index contributed by atoms with van der Waals surface area (Å²) in [5, 5.41) is 9.79.